The molecule has 4 heteroatoms. The van der Waals surface area contributed by atoms with Crippen LogP contribution in [0.1, 0.15) is 48.2 Å². The summed E-state index contributed by atoms with van der Waals surface area (Å²) < 4.78 is 0. The summed E-state index contributed by atoms with van der Waals surface area (Å²) in [4.78, 5) is 23.8. The number of hydrogen-bond acceptors (Lipinski definition) is 2. The van der Waals surface area contributed by atoms with Crippen molar-refractivity contribution in [2.45, 2.75) is 45.6 Å². The number of carbonyl (C=O) groups excluding carboxylic acids is 2. The zero-order chi connectivity index (χ0) is 14.5. The van der Waals surface area contributed by atoms with Crippen molar-refractivity contribution < 1.29 is 9.59 Å². The van der Waals surface area contributed by atoms with E-state index in [1.807, 2.05) is 25.1 Å². The zero-order valence-electron chi connectivity index (χ0n) is 12.2. The number of rotatable bonds is 4. The molecule has 0 heterocycles. The molecular weight excluding hydrogens is 252 g/mol. The van der Waals surface area contributed by atoms with Gasteiger partial charge in [-0.15, -0.1) is 0 Å². The van der Waals surface area contributed by atoms with Gasteiger partial charge in [-0.25, -0.2) is 0 Å². The van der Waals surface area contributed by atoms with E-state index in [1.165, 1.54) is 24.0 Å². The number of fused-ring (bicyclic) bond motifs is 1. The number of likely N-dealkylation sites (N-methyl/N-ethyl adjacent to an activating group) is 1. The summed E-state index contributed by atoms with van der Waals surface area (Å²) in [5.41, 5.74) is 3.26. The number of hydrogen-bond donors (Lipinski definition) is 2. The van der Waals surface area contributed by atoms with Gasteiger partial charge in [0.25, 0.3) is 5.91 Å². The predicted molar refractivity (Wildman–Crippen MR) is 78.7 cm³/mol. The maximum absolute atomic E-state index is 12.2. The molecule has 1 atom stereocenters. The summed E-state index contributed by atoms with van der Waals surface area (Å²) in [7, 11) is 0. The quantitative estimate of drug-likeness (QED) is 0.880. The number of carbonyl (C=O) groups is 2. The molecule has 0 aromatic heterocycles. The average molecular weight is 274 g/mol. The maximum atomic E-state index is 12.2. The van der Waals surface area contributed by atoms with Crippen LogP contribution in [0.2, 0.25) is 0 Å². The lowest BCUT2D eigenvalue weighted by Crippen LogP contribution is -2.44. The van der Waals surface area contributed by atoms with E-state index in [0.717, 1.165) is 12.8 Å². The van der Waals surface area contributed by atoms with Crippen molar-refractivity contribution in [2.75, 3.05) is 6.54 Å². The zero-order valence-corrected chi connectivity index (χ0v) is 12.2. The summed E-state index contributed by atoms with van der Waals surface area (Å²) in [5.74, 6) is -0.337. The third-order valence-corrected chi connectivity index (χ3v) is 3.70. The standard InChI is InChI=1S/C16H22N2O2/c1-3-17-15(19)11(2)18-16(20)14-9-8-12-6-4-5-7-13(12)10-14/h8-11H,3-7H2,1-2H3,(H,17,19)(H,18,20)/t11-/m0/s1. The molecule has 0 spiro atoms. The second-order valence-electron chi connectivity index (χ2n) is 5.28. The van der Waals surface area contributed by atoms with Crippen LogP contribution in [0.15, 0.2) is 18.2 Å². The van der Waals surface area contributed by atoms with Gasteiger partial charge in [-0.2, -0.15) is 0 Å². The molecule has 0 saturated heterocycles. The van der Waals surface area contributed by atoms with Crippen molar-refractivity contribution in [3.05, 3.63) is 34.9 Å². The summed E-state index contributed by atoms with van der Waals surface area (Å²) in [6, 6.07) is 5.34. The highest BCUT2D eigenvalue weighted by atomic mass is 16.2. The Kier molecular flexibility index (Phi) is 4.77. The van der Waals surface area contributed by atoms with Gasteiger partial charge in [-0.3, -0.25) is 9.59 Å². The molecule has 1 aromatic carbocycles. The topological polar surface area (TPSA) is 58.2 Å². The smallest absolute Gasteiger partial charge is 0.251 e. The van der Waals surface area contributed by atoms with Crippen LogP contribution in [0.5, 0.6) is 0 Å². The van der Waals surface area contributed by atoms with E-state index in [2.05, 4.69) is 10.6 Å². The molecule has 0 fully saturated rings. The van der Waals surface area contributed by atoms with Crippen LogP contribution >= 0.6 is 0 Å². The van der Waals surface area contributed by atoms with Gasteiger partial charge in [0.05, 0.1) is 0 Å². The van der Waals surface area contributed by atoms with Gasteiger partial charge in [0.1, 0.15) is 6.04 Å². The molecule has 0 aliphatic heterocycles. The monoisotopic (exact) mass is 274 g/mol. The van der Waals surface area contributed by atoms with Crippen molar-refractivity contribution >= 4 is 11.8 Å². The van der Waals surface area contributed by atoms with Crippen LogP contribution in [0.4, 0.5) is 0 Å². The lowest BCUT2D eigenvalue weighted by atomic mass is 9.90. The molecule has 0 unspecified atom stereocenters. The van der Waals surface area contributed by atoms with Gasteiger partial charge in [-0.05, 0) is 62.8 Å². The molecular formula is C16H22N2O2. The summed E-state index contributed by atoms with van der Waals surface area (Å²) in [6.07, 6.45) is 4.56. The Morgan fingerprint density at radius 3 is 2.60 bits per heavy atom. The van der Waals surface area contributed by atoms with Gasteiger partial charge >= 0.3 is 0 Å². The molecule has 2 amide bonds. The number of amides is 2. The molecule has 1 aromatic rings. The van der Waals surface area contributed by atoms with Crippen LogP contribution in [-0.2, 0) is 17.6 Å². The number of aryl methyl sites for hydroxylation is 2. The summed E-state index contributed by atoms with van der Waals surface area (Å²) in [5, 5.41) is 5.43. The van der Waals surface area contributed by atoms with Crippen molar-refractivity contribution in [1.82, 2.24) is 10.6 Å². The van der Waals surface area contributed by atoms with Gasteiger partial charge in [0.2, 0.25) is 5.91 Å². The van der Waals surface area contributed by atoms with Crippen molar-refractivity contribution in [3.8, 4) is 0 Å². The number of benzene rings is 1. The second kappa shape index (κ2) is 6.55. The Morgan fingerprint density at radius 1 is 1.20 bits per heavy atom. The first kappa shape index (κ1) is 14.6. The molecule has 0 bridgehead atoms. The Balaban J connectivity index is 2.04. The highest BCUT2D eigenvalue weighted by Gasteiger charge is 2.17. The number of nitrogens with one attached hydrogen (secondary N) is 2. The lowest BCUT2D eigenvalue weighted by Gasteiger charge is -2.17. The summed E-state index contributed by atoms with van der Waals surface area (Å²) in [6.45, 7) is 4.12. The highest BCUT2D eigenvalue weighted by Crippen LogP contribution is 2.22. The second-order valence-corrected chi connectivity index (χ2v) is 5.28. The van der Waals surface area contributed by atoms with Gasteiger partial charge in [-0.1, -0.05) is 6.07 Å². The van der Waals surface area contributed by atoms with E-state index in [4.69, 9.17) is 0 Å². The minimum Gasteiger partial charge on any atom is -0.355 e. The van der Waals surface area contributed by atoms with Crippen molar-refractivity contribution in [2.24, 2.45) is 0 Å². The minimum atomic E-state index is -0.515. The molecule has 1 aliphatic rings. The Morgan fingerprint density at radius 2 is 1.90 bits per heavy atom. The molecule has 2 N–H and O–H groups in total. The van der Waals surface area contributed by atoms with Crippen LogP contribution in [0.3, 0.4) is 0 Å². The molecule has 0 radical (unpaired) electrons. The Hall–Kier alpha value is -1.84. The third-order valence-electron chi connectivity index (χ3n) is 3.70. The van der Waals surface area contributed by atoms with Crippen molar-refractivity contribution in [3.63, 3.8) is 0 Å². The van der Waals surface area contributed by atoms with Crippen LogP contribution in [0.25, 0.3) is 0 Å². The van der Waals surface area contributed by atoms with Gasteiger partial charge in [0.15, 0.2) is 0 Å². The fourth-order valence-electron chi connectivity index (χ4n) is 2.55. The minimum absolute atomic E-state index is 0.154. The summed E-state index contributed by atoms with van der Waals surface area (Å²) >= 11 is 0. The van der Waals surface area contributed by atoms with E-state index < -0.39 is 6.04 Å². The largest absolute Gasteiger partial charge is 0.355 e. The van der Waals surface area contributed by atoms with E-state index in [1.54, 1.807) is 6.92 Å². The molecule has 108 valence electrons. The fourth-order valence-corrected chi connectivity index (χ4v) is 2.55. The predicted octanol–water partition coefficient (Wildman–Crippen LogP) is 1.82. The SMILES string of the molecule is CCNC(=O)[C@H](C)NC(=O)c1ccc2c(c1)CCCC2. The van der Waals surface area contributed by atoms with Crippen LogP contribution in [-0.4, -0.2) is 24.4 Å². The van der Waals surface area contributed by atoms with Gasteiger partial charge in [0, 0.05) is 12.1 Å². The third kappa shape index (κ3) is 3.38. The normalized spacial score (nSPS) is 15.1. The first-order valence-electron chi connectivity index (χ1n) is 7.32. The lowest BCUT2D eigenvalue weighted by molar-refractivity contribution is -0.122. The molecule has 2 rings (SSSR count). The Labute approximate surface area is 119 Å². The first-order chi connectivity index (χ1) is 9.61. The molecule has 4 nitrogen and oxygen atoms in total. The van der Waals surface area contributed by atoms with E-state index in [0.29, 0.717) is 12.1 Å². The van der Waals surface area contributed by atoms with Crippen LogP contribution < -0.4 is 10.6 Å². The van der Waals surface area contributed by atoms with Crippen LogP contribution in [0, 0.1) is 0 Å². The van der Waals surface area contributed by atoms with Crippen molar-refractivity contribution in [1.29, 1.82) is 0 Å². The highest BCUT2D eigenvalue weighted by molar-refractivity contribution is 5.97. The average Bonchev–Trinajstić information content (AvgIpc) is 2.46. The maximum Gasteiger partial charge on any atom is 0.251 e. The van der Waals surface area contributed by atoms with E-state index >= 15 is 0 Å². The molecule has 0 saturated carbocycles. The molecule has 1 aliphatic carbocycles. The van der Waals surface area contributed by atoms with E-state index in [9.17, 15) is 9.59 Å². The van der Waals surface area contributed by atoms with Gasteiger partial charge < -0.3 is 10.6 Å². The Bertz CT molecular complexity index is 511. The first-order valence-corrected chi connectivity index (χ1v) is 7.32. The van der Waals surface area contributed by atoms with E-state index in [-0.39, 0.29) is 11.8 Å². The molecule has 20 heavy (non-hydrogen) atoms. The fraction of sp³-hybridized carbons (Fsp3) is 0.500.